The zero-order chi connectivity index (χ0) is 15.7. The van der Waals surface area contributed by atoms with Gasteiger partial charge in [0, 0.05) is 11.6 Å². The van der Waals surface area contributed by atoms with Gasteiger partial charge in [0.25, 0.3) is 5.91 Å². The standard InChI is InChI=1S/C17H13FN2O2/c1-11-10-20(15-6-5-14(18)8-16(15)22-11)17(21)13-4-2-3-12(7-13)9-19/h2-8,11H,10H2,1H3. The third-order valence-corrected chi connectivity index (χ3v) is 3.46. The first kappa shape index (κ1) is 14.1. The lowest BCUT2D eigenvalue weighted by Gasteiger charge is -2.33. The summed E-state index contributed by atoms with van der Waals surface area (Å²) in [6.45, 7) is 2.19. The second kappa shape index (κ2) is 5.49. The largest absolute Gasteiger partial charge is 0.487 e. The number of amides is 1. The van der Waals surface area contributed by atoms with Crippen LogP contribution in [0.3, 0.4) is 0 Å². The van der Waals surface area contributed by atoms with Crippen LogP contribution < -0.4 is 9.64 Å². The number of rotatable bonds is 1. The summed E-state index contributed by atoms with van der Waals surface area (Å²) in [6.07, 6.45) is -0.239. The molecule has 2 aromatic carbocycles. The Bertz CT molecular complexity index is 782. The number of carbonyl (C=O) groups excluding carboxylic acids is 1. The number of halogens is 1. The molecule has 1 heterocycles. The van der Waals surface area contributed by atoms with E-state index in [1.54, 1.807) is 29.2 Å². The van der Waals surface area contributed by atoms with E-state index in [2.05, 4.69) is 0 Å². The minimum atomic E-state index is -0.410. The van der Waals surface area contributed by atoms with Crippen molar-refractivity contribution in [2.75, 3.05) is 11.4 Å². The topological polar surface area (TPSA) is 53.3 Å². The second-order valence-corrected chi connectivity index (χ2v) is 5.15. The van der Waals surface area contributed by atoms with Gasteiger partial charge in [0.1, 0.15) is 17.7 Å². The monoisotopic (exact) mass is 296 g/mol. The van der Waals surface area contributed by atoms with Gasteiger partial charge < -0.3 is 9.64 Å². The first-order valence-corrected chi connectivity index (χ1v) is 6.86. The third-order valence-electron chi connectivity index (χ3n) is 3.46. The number of nitriles is 1. The molecule has 5 heteroatoms. The van der Waals surface area contributed by atoms with Gasteiger partial charge in [-0.1, -0.05) is 6.07 Å². The summed E-state index contributed by atoms with van der Waals surface area (Å²) in [4.78, 5) is 14.3. The SMILES string of the molecule is CC1CN(C(=O)c2cccc(C#N)c2)c2ccc(F)cc2O1. The molecule has 0 fully saturated rings. The third kappa shape index (κ3) is 2.51. The van der Waals surface area contributed by atoms with Crippen molar-refractivity contribution in [2.24, 2.45) is 0 Å². The number of hydrogen-bond donors (Lipinski definition) is 0. The Kier molecular flexibility index (Phi) is 3.51. The van der Waals surface area contributed by atoms with E-state index in [0.717, 1.165) is 0 Å². The summed E-state index contributed by atoms with van der Waals surface area (Å²) in [5.74, 6) is -0.296. The van der Waals surface area contributed by atoms with E-state index in [9.17, 15) is 9.18 Å². The molecule has 2 aromatic rings. The van der Waals surface area contributed by atoms with Crippen LogP contribution in [-0.4, -0.2) is 18.6 Å². The van der Waals surface area contributed by atoms with E-state index >= 15 is 0 Å². The first-order chi connectivity index (χ1) is 10.6. The summed E-state index contributed by atoms with van der Waals surface area (Å²) in [6, 6.07) is 12.6. The van der Waals surface area contributed by atoms with Crippen molar-refractivity contribution in [3.8, 4) is 11.8 Å². The molecule has 0 aromatic heterocycles. The summed E-state index contributed by atoms with van der Waals surface area (Å²) in [7, 11) is 0. The van der Waals surface area contributed by atoms with Gasteiger partial charge in [0.15, 0.2) is 0 Å². The van der Waals surface area contributed by atoms with Crippen LogP contribution in [0.4, 0.5) is 10.1 Å². The molecule has 3 rings (SSSR count). The van der Waals surface area contributed by atoms with Gasteiger partial charge >= 0.3 is 0 Å². The molecule has 4 nitrogen and oxygen atoms in total. The number of fused-ring (bicyclic) bond motifs is 1. The number of anilines is 1. The number of hydrogen-bond acceptors (Lipinski definition) is 3. The molecule has 1 amide bonds. The molecular weight excluding hydrogens is 283 g/mol. The van der Waals surface area contributed by atoms with Gasteiger partial charge in [0.2, 0.25) is 0 Å². The smallest absolute Gasteiger partial charge is 0.258 e. The molecule has 1 aliphatic rings. The van der Waals surface area contributed by atoms with Crippen LogP contribution in [0.1, 0.15) is 22.8 Å². The summed E-state index contributed by atoms with van der Waals surface area (Å²) in [5, 5.41) is 8.95. The quantitative estimate of drug-likeness (QED) is 0.812. The lowest BCUT2D eigenvalue weighted by molar-refractivity contribution is 0.0961. The predicted octanol–water partition coefficient (Wildman–Crippen LogP) is 3.13. The molecular formula is C17H13FN2O2. The van der Waals surface area contributed by atoms with Gasteiger partial charge in [0.05, 0.1) is 23.9 Å². The predicted molar refractivity (Wildman–Crippen MR) is 79.3 cm³/mol. The Morgan fingerprint density at radius 2 is 2.18 bits per heavy atom. The van der Waals surface area contributed by atoms with Crippen molar-refractivity contribution in [1.82, 2.24) is 0 Å². The van der Waals surface area contributed by atoms with Crippen LogP contribution >= 0.6 is 0 Å². The maximum absolute atomic E-state index is 13.4. The number of benzene rings is 2. The molecule has 110 valence electrons. The molecule has 0 saturated heterocycles. The van der Waals surface area contributed by atoms with E-state index in [4.69, 9.17) is 10.00 Å². The molecule has 1 unspecified atom stereocenters. The lowest BCUT2D eigenvalue weighted by atomic mass is 10.1. The average Bonchev–Trinajstić information content (AvgIpc) is 2.53. The number of carbonyl (C=O) groups is 1. The maximum atomic E-state index is 13.4. The highest BCUT2D eigenvalue weighted by Crippen LogP contribution is 2.34. The summed E-state index contributed by atoms with van der Waals surface area (Å²) >= 11 is 0. The van der Waals surface area contributed by atoms with Gasteiger partial charge in [-0.15, -0.1) is 0 Å². The van der Waals surface area contributed by atoms with Crippen LogP contribution in [0.15, 0.2) is 42.5 Å². The van der Waals surface area contributed by atoms with E-state index in [1.165, 1.54) is 18.2 Å². The van der Waals surface area contributed by atoms with Gasteiger partial charge in [-0.2, -0.15) is 5.26 Å². The number of ether oxygens (including phenoxy) is 1. The normalized spacial score (nSPS) is 16.4. The minimum Gasteiger partial charge on any atom is -0.487 e. The molecule has 1 aliphatic heterocycles. The van der Waals surface area contributed by atoms with Crippen LogP contribution in [0.5, 0.6) is 5.75 Å². The Labute approximate surface area is 127 Å². The Morgan fingerprint density at radius 3 is 2.95 bits per heavy atom. The van der Waals surface area contributed by atoms with Crippen molar-refractivity contribution >= 4 is 11.6 Å². The molecule has 0 N–H and O–H groups in total. The van der Waals surface area contributed by atoms with Crippen molar-refractivity contribution in [1.29, 1.82) is 5.26 Å². The molecule has 0 bridgehead atoms. The fourth-order valence-corrected chi connectivity index (χ4v) is 2.48. The second-order valence-electron chi connectivity index (χ2n) is 5.15. The Morgan fingerprint density at radius 1 is 1.36 bits per heavy atom. The zero-order valence-corrected chi connectivity index (χ0v) is 11.9. The fraction of sp³-hybridized carbons (Fsp3) is 0.176. The minimum absolute atomic E-state index is 0.236. The van der Waals surface area contributed by atoms with Crippen molar-refractivity contribution < 1.29 is 13.9 Å². The first-order valence-electron chi connectivity index (χ1n) is 6.86. The summed E-state index contributed by atoms with van der Waals surface area (Å²) < 4.78 is 18.9. The summed E-state index contributed by atoms with van der Waals surface area (Å²) in [5.41, 5.74) is 1.38. The molecule has 0 saturated carbocycles. The fourth-order valence-electron chi connectivity index (χ4n) is 2.48. The number of nitrogens with zero attached hydrogens (tertiary/aromatic N) is 2. The lowest BCUT2D eigenvalue weighted by Crippen LogP contribution is -2.42. The van der Waals surface area contributed by atoms with Gasteiger partial charge in [-0.3, -0.25) is 4.79 Å². The molecule has 0 radical (unpaired) electrons. The van der Waals surface area contributed by atoms with Gasteiger partial charge in [-0.25, -0.2) is 4.39 Å². The van der Waals surface area contributed by atoms with Gasteiger partial charge in [-0.05, 0) is 37.3 Å². The van der Waals surface area contributed by atoms with Crippen molar-refractivity contribution in [2.45, 2.75) is 13.0 Å². The maximum Gasteiger partial charge on any atom is 0.258 e. The highest BCUT2D eigenvalue weighted by Gasteiger charge is 2.28. The van der Waals surface area contributed by atoms with E-state index in [-0.39, 0.29) is 12.0 Å². The highest BCUT2D eigenvalue weighted by molar-refractivity contribution is 6.07. The van der Waals surface area contributed by atoms with E-state index < -0.39 is 5.82 Å². The van der Waals surface area contributed by atoms with Crippen LogP contribution in [0, 0.1) is 17.1 Å². The van der Waals surface area contributed by atoms with Crippen LogP contribution in [0.25, 0.3) is 0 Å². The zero-order valence-electron chi connectivity index (χ0n) is 11.9. The van der Waals surface area contributed by atoms with Crippen LogP contribution in [0.2, 0.25) is 0 Å². The molecule has 1 atom stereocenters. The van der Waals surface area contributed by atoms with E-state index in [1.807, 2.05) is 13.0 Å². The van der Waals surface area contributed by atoms with Crippen molar-refractivity contribution in [3.63, 3.8) is 0 Å². The van der Waals surface area contributed by atoms with Crippen molar-refractivity contribution in [3.05, 3.63) is 59.4 Å². The molecule has 0 spiro atoms. The van der Waals surface area contributed by atoms with E-state index in [0.29, 0.717) is 29.1 Å². The Balaban J connectivity index is 2.01. The highest BCUT2D eigenvalue weighted by atomic mass is 19.1. The molecule has 22 heavy (non-hydrogen) atoms. The Hall–Kier alpha value is -2.87. The molecule has 0 aliphatic carbocycles. The van der Waals surface area contributed by atoms with Crippen LogP contribution in [-0.2, 0) is 0 Å². The average molecular weight is 296 g/mol.